The Hall–Kier alpha value is -1.43. The molecule has 1 aliphatic rings. The minimum Gasteiger partial charge on any atom is -0.369 e. The van der Waals surface area contributed by atoms with Gasteiger partial charge in [0.1, 0.15) is 5.82 Å². The zero-order valence-electron chi connectivity index (χ0n) is 11.3. The number of rotatable bonds is 6. The fourth-order valence-electron chi connectivity index (χ4n) is 2.15. The quantitative estimate of drug-likeness (QED) is 0.849. The van der Waals surface area contributed by atoms with E-state index >= 15 is 0 Å². The van der Waals surface area contributed by atoms with E-state index in [-0.39, 0.29) is 0 Å². The molecule has 0 bridgehead atoms. The van der Waals surface area contributed by atoms with Crippen molar-refractivity contribution in [2.24, 2.45) is 0 Å². The van der Waals surface area contributed by atoms with Crippen LogP contribution in [0.3, 0.4) is 0 Å². The molecule has 5 nitrogen and oxygen atoms in total. The predicted molar refractivity (Wildman–Crippen MR) is 81.1 cm³/mol. The van der Waals surface area contributed by atoms with E-state index in [1.807, 2.05) is 28.6 Å². The summed E-state index contributed by atoms with van der Waals surface area (Å²) in [7, 11) is 0. The molecule has 2 heterocycles. The monoisotopic (exact) mass is 277 g/mol. The number of imidazole rings is 1. The Balaban J connectivity index is 1.85. The average Bonchev–Trinajstić information content (AvgIpc) is 3.05. The SMILES string of the molecule is CCNc1cn2ccnc2c(NCC2(SC)CC2)n1. The largest absolute Gasteiger partial charge is 0.369 e. The number of aromatic nitrogens is 3. The molecule has 0 radical (unpaired) electrons. The first-order chi connectivity index (χ1) is 9.26. The highest BCUT2D eigenvalue weighted by molar-refractivity contribution is 8.00. The normalized spacial score (nSPS) is 16.5. The lowest BCUT2D eigenvalue weighted by Gasteiger charge is -2.15. The van der Waals surface area contributed by atoms with Crippen LogP contribution in [0, 0.1) is 0 Å². The Morgan fingerprint density at radius 3 is 2.95 bits per heavy atom. The molecule has 2 aromatic heterocycles. The van der Waals surface area contributed by atoms with Gasteiger partial charge in [0.05, 0.1) is 6.20 Å². The van der Waals surface area contributed by atoms with Crippen LogP contribution < -0.4 is 10.6 Å². The maximum atomic E-state index is 4.61. The van der Waals surface area contributed by atoms with Gasteiger partial charge in [-0.1, -0.05) is 0 Å². The Morgan fingerprint density at radius 2 is 2.26 bits per heavy atom. The fraction of sp³-hybridized carbons (Fsp3) is 0.538. The average molecular weight is 277 g/mol. The molecule has 0 saturated heterocycles. The highest BCUT2D eigenvalue weighted by atomic mass is 32.2. The van der Waals surface area contributed by atoms with E-state index in [2.05, 4.69) is 33.8 Å². The Kier molecular flexibility index (Phi) is 3.26. The molecule has 3 rings (SSSR count). The Labute approximate surface area is 117 Å². The molecule has 0 atom stereocenters. The van der Waals surface area contributed by atoms with Crippen LogP contribution in [-0.4, -0.2) is 38.5 Å². The molecule has 1 saturated carbocycles. The van der Waals surface area contributed by atoms with Crippen LogP contribution in [0.1, 0.15) is 19.8 Å². The third-order valence-corrected chi connectivity index (χ3v) is 4.97. The van der Waals surface area contributed by atoms with Gasteiger partial charge in [-0.3, -0.25) is 0 Å². The number of fused-ring (bicyclic) bond motifs is 1. The Bertz CT molecular complexity index is 575. The molecule has 0 unspecified atom stereocenters. The summed E-state index contributed by atoms with van der Waals surface area (Å²) in [5, 5.41) is 6.72. The minimum atomic E-state index is 0.416. The van der Waals surface area contributed by atoms with Crippen molar-refractivity contribution in [1.29, 1.82) is 0 Å². The molecule has 1 fully saturated rings. The number of hydrogen-bond donors (Lipinski definition) is 2. The van der Waals surface area contributed by atoms with Crippen LogP contribution in [0.5, 0.6) is 0 Å². The van der Waals surface area contributed by atoms with Gasteiger partial charge in [-0.05, 0) is 26.0 Å². The van der Waals surface area contributed by atoms with Crippen LogP contribution >= 0.6 is 11.8 Å². The molecule has 0 aromatic carbocycles. The number of anilines is 2. The van der Waals surface area contributed by atoms with Crippen LogP contribution in [0.4, 0.5) is 11.6 Å². The van der Waals surface area contributed by atoms with Crippen molar-refractivity contribution >= 4 is 29.0 Å². The fourth-order valence-corrected chi connectivity index (χ4v) is 2.88. The van der Waals surface area contributed by atoms with Gasteiger partial charge in [0.25, 0.3) is 0 Å². The summed E-state index contributed by atoms with van der Waals surface area (Å²) in [4.78, 5) is 8.98. The highest BCUT2D eigenvalue weighted by Gasteiger charge is 2.41. The van der Waals surface area contributed by atoms with E-state index in [1.54, 1.807) is 6.20 Å². The molecule has 19 heavy (non-hydrogen) atoms. The van der Waals surface area contributed by atoms with Crippen molar-refractivity contribution in [1.82, 2.24) is 14.4 Å². The van der Waals surface area contributed by atoms with Crippen molar-refractivity contribution in [2.75, 3.05) is 30.0 Å². The second-order valence-electron chi connectivity index (χ2n) is 4.90. The van der Waals surface area contributed by atoms with Crippen molar-refractivity contribution < 1.29 is 0 Å². The first kappa shape index (κ1) is 12.6. The summed E-state index contributed by atoms with van der Waals surface area (Å²) >= 11 is 1.95. The molecule has 6 heteroatoms. The van der Waals surface area contributed by atoms with Gasteiger partial charge >= 0.3 is 0 Å². The lowest BCUT2D eigenvalue weighted by Crippen LogP contribution is -2.19. The molecule has 0 amide bonds. The van der Waals surface area contributed by atoms with Gasteiger partial charge in [-0.2, -0.15) is 11.8 Å². The summed E-state index contributed by atoms with van der Waals surface area (Å²) < 4.78 is 2.42. The van der Waals surface area contributed by atoms with E-state index in [0.29, 0.717) is 4.75 Å². The second-order valence-corrected chi connectivity index (χ2v) is 6.18. The van der Waals surface area contributed by atoms with E-state index in [1.165, 1.54) is 12.8 Å². The first-order valence-corrected chi connectivity index (χ1v) is 7.85. The van der Waals surface area contributed by atoms with E-state index in [4.69, 9.17) is 0 Å². The van der Waals surface area contributed by atoms with Gasteiger partial charge in [0, 0.05) is 30.2 Å². The van der Waals surface area contributed by atoms with Gasteiger partial charge < -0.3 is 15.0 Å². The van der Waals surface area contributed by atoms with Crippen LogP contribution in [0.2, 0.25) is 0 Å². The van der Waals surface area contributed by atoms with E-state index in [0.717, 1.165) is 30.4 Å². The zero-order valence-corrected chi connectivity index (χ0v) is 12.1. The highest BCUT2D eigenvalue weighted by Crippen LogP contribution is 2.47. The number of nitrogens with zero attached hydrogens (tertiary/aromatic N) is 3. The molecule has 102 valence electrons. The minimum absolute atomic E-state index is 0.416. The number of thioether (sulfide) groups is 1. The van der Waals surface area contributed by atoms with Crippen molar-refractivity contribution in [2.45, 2.75) is 24.5 Å². The lowest BCUT2D eigenvalue weighted by molar-refractivity contribution is 0.936. The summed E-state index contributed by atoms with van der Waals surface area (Å²) in [5.74, 6) is 1.74. The summed E-state index contributed by atoms with van der Waals surface area (Å²) in [6.45, 7) is 3.89. The molecule has 1 aliphatic carbocycles. The van der Waals surface area contributed by atoms with Gasteiger partial charge in [0.15, 0.2) is 11.5 Å². The van der Waals surface area contributed by atoms with Crippen LogP contribution in [0.25, 0.3) is 5.65 Å². The Morgan fingerprint density at radius 1 is 1.42 bits per heavy atom. The summed E-state index contributed by atoms with van der Waals surface area (Å²) in [6, 6.07) is 0. The molecule has 0 aliphatic heterocycles. The maximum Gasteiger partial charge on any atom is 0.180 e. The molecule has 0 spiro atoms. The third-order valence-electron chi connectivity index (χ3n) is 3.55. The third kappa shape index (κ3) is 2.49. The molecule has 2 N–H and O–H groups in total. The zero-order chi connectivity index (χ0) is 13.3. The summed E-state index contributed by atoms with van der Waals surface area (Å²) in [5.41, 5.74) is 0.888. The predicted octanol–water partition coefficient (Wildman–Crippen LogP) is 2.47. The van der Waals surface area contributed by atoms with Crippen LogP contribution in [0.15, 0.2) is 18.6 Å². The first-order valence-electron chi connectivity index (χ1n) is 6.63. The standard InChI is InChI=1S/C13H19N5S/c1-3-14-10-8-18-7-6-15-12(18)11(17-10)16-9-13(19-2)4-5-13/h6-8,14H,3-5,9H2,1-2H3,(H,16,17). The molecule has 2 aromatic rings. The number of nitrogens with one attached hydrogen (secondary N) is 2. The van der Waals surface area contributed by atoms with E-state index < -0.39 is 0 Å². The van der Waals surface area contributed by atoms with Gasteiger partial charge in [0.2, 0.25) is 0 Å². The van der Waals surface area contributed by atoms with Gasteiger partial charge in [-0.25, -0.2) is 9.97 Å². The summed E-state index contributed by atoms with van der Waals surface area (Å²) in [6.07, 6.45) is 10.5. The lowest BCUT2D eigenvalue weighted by atomic mass is 10.4. The second kappa shape index (κ2) is 4.92. The van der Waals surface area contributed by atoms with E-state index in [9.17, 15) is 0 Å². The van der Waals surface area contributed by atoms with Crippen molar-refractivity contribution in [3.05, 3.63) is 18.6 Å². The molecular weight excluding hydrogens is 258 g/mol. The molecular formula is C13H19N5S. The topological polar surface area (TPSA) is 54.2 Å². The maximum absolute atomic E-state index is 4.61. The van der Waals surface area contributed by atoms with Crippen LogP contribution in [-0.2, 0) is 0 Å². The van der Waals surface area contributed by atoms with Crippen molar-refractivity contribution in [3.63, 3.8) is 0 Å². The number of hydrogen-bond acceptors (Lipinski definition) is 5. The van der Waals surface area contributed by atoms with Gasteiger partial charge in [-0.15, -0.1) is 0 Å². The smallest absolute Gasteiger partial charge is 0.180 e. The van der Waals surface area contributed by atoms with Crippen molar-refractivity contribution in [3.8, 4) is 0 Å².